The lowest BCUT2D eigenvalue weighted by atomic mass is 9.68. The molecule has 1 aromatic heterocycles. The van der Waals surface area contributed by atoms with E-state index < -0.39 is 29.7 Å². The minimum absolute atomic E-state index is 0.177. The molecule has 0 bridgehead atoms. The van der Waals surface area contributed by atoms with Crippen LogP contribution in [0.4, 0.5) is 0 Å². The third kappa shape index (κ3) is 2.21. The predicted molar refractivity (Wildman–Crippen MR) is 86.7 cm³/mol. The second-order valence-electron chi connectivity index (χ2n) is 5.71. The van der Waals surface area contributed by atoms with Gasteiger partial charge in [-0.1, -0.05) is 22.9 Å². The first kappa shape index (κ1) is 15.7. The fraction of sp³-hybridized carbons (Fsp3) is 0.267. The molecule has 9 heteroatoms. The Morgan fingerprint density at radius 2 is 2.25 bits per heavy atom. The van der Waals surface area contributed by atoms with Gasteiger partial charge in [0, 0.05) is 39.5 Å². The van der Waals surface area contributed by atoms with Gasteiger partial charge >= 0.3 is 10.8 Å². The zero-order chi connectivity index (χ0) is 17.1. The van der Waals surface area contributed by atoms with Crippen molar-refractivity contribution in [3.63, 3.8) is 0 Å². The molecule has 2 aromatic rings. The van der Waals surface area contributed by atoms with E-state index in [4.69, 9.17) is 16.3 Å². The van der Waals surface area contributed by atoms with Gasteiger partial charge in [-0.15, -0.1) is 11.8 Å². The van der Waals surface area contributed by atoms with Crippen molar-refractivity contribution in [2.75, 3.05) is 5.75 Å². The smallest absolute Gasteiger partial charge is 0.319 e. The van der Waals surface area contributed by atoms with E-state index in [1.54, 1.807) is 18.2 Å². The average molecular weight is 383 g/mol. The molecule has 0 amide bonds. The lowest BCUT2D eigenvalue weighted by Crippen LogP contribution is -2.50. The van der Waals surface area contributed by atoms with Gasteiger partial charge in [0.15, 0.2) is 0 Å². The summed E-state index contributed by atoms with van der Waals surface area (Å²) in [5, 5.41) is 12.4. The summed E-state index contributed by atoms with van der Waals surface area (Å²) in [4.78, 5) is 39.0. The van der Waals surface area contributed by atoms with Crippen molar-refractivity contribution >= 4 is 46.6 Å². The first-order valence-corrected chi connectivity index (χ1v) is 9.16. The highest BCUT2D eigenvalue weighted by Crippen LogP contribution is 2.58. The minimum Gasteiger partial charge on any atom is -0.550 e. The lowest BCUT2D eigenvalue weighted by Gasteiger charge is -2.44. The van der Waals surface area contributed by atoms with Crippen molar-refractivity contribution < 1.29 is 19.4 Å². The van der Waals surface area contributed by atoms with Crippen LogP contribution in [0, 0.1) is 5.41 Å². The number of rotatable bonds is 2. The molecule has 1 N–H and O–H groups in total. The molecule has 0 aliphatic carbocycles. The molecule has 6 nitrogen and oxygen atoms in total. The summed E-state index contributed by atoms with van der Waals surface area (Å²) < 4.78 is 5.40. The molecule has 0 radical (unpaired) electrons. The molecule has 0 saturated heterocycles. The molecule has 3 heterocycles. The Kier molecular flexibility index (Phi) is 3.52. The van der Waals surface area contributed by atoms with E-state index in [0.717, 1.165) is 11.3 Å². The average Bonchev–Trinajstić information content (AvgIpc) is 2.88. The monoisotopic (exact) mass is 382 g/mol. The molecule has 0 unspecified atom stereocenters. The third-order valence-corrected chi connectivity index (χ3v) is 6.86. The van der Waals surface area contributed by atoms with E-state index in [1.165, 1.54) is 11.8 Å². The molecular formula is C15H9ClNO5S2-. The van der Waals surface area contributed by atoms with Crippen molar-refractivity contribution in [2.45, 2.75) is 17.4 Å². The predicted octanol–water partition coefficient (Wildman–Crippen LogP) is 1.37. The summed E-state index contributed by atoms with van der Waals surface area (Å²) >= 11 is 8.31. The van der Waals surface area contributed by atoms with Crippen LogP contribution in [0.5, 0.6) is 5.75 Å². The summed E-state index contributed by atoms with van der Waals surface area (Å²) in [5.41, 5.74) is -0.709. The van der Waals surface area contributed by atoms with Crippen molar-refractivity contribution in [2.24, 2.45) is 5.41 Å². The van der Waals surface area contributed by atoms with Gasteiger partial charge in [-0.2, -0.15) is 0 Å². The number of carbonyl (C=O) groups is 2. The second-order valence-corrected chi connectivity index (χ2v) is 8.14. The maximum Gasteiger partial charge on any atom is 0.319 e. The number of carboxylic acid groups (broad SMARTS) is 1. The fourth-order valence-electron chi connectivity index (χ4n) is 3.30. The number of carboxylic acids is 1. The first-order valence-electron chi connectivity index (χ1n) is 6.98. The maximum atomic E-state index is 12.7. The molecule has 2 aliphatic rings. The van der Waals surface area contributed by atoms with Gasteiger partial charge in [0.1, 0.15) is 5.75 Å². The van der Waals surface area contributed by atoms with Crippen LogP contribution in [0.3, 0.4) is 0 Å². The zero-order valence-corrected chi connectivity index (χ0v) is 14.3. The minimum atomic E-state index is -1.34. The van der Waals surface area contributed by atoms with E-state index in [2.05, 4.69) is 4.98 Å². The van der Waals surface area contributed by atoms with E-state index in [-0.39, 0.29) is 10.6 Å². The van der Waals surface area contributed by atoms with Crippen LogP contribution in [-0.4, -0.2) is 22.7 Å². The highest BCUT2D eigenvalue weighted by molar-refractivity contribution is 7.99. The van der Waals surface area contributed by atoms with E-state index in [1.807, 2.05) is 0 Å². The molecule has 24 heavy (non-hydrogen) atoms. The second kappa shape index (κ2) is 5.37. The number of fused-ring (bicyclic) bond motifs is 5. The van der Waals surface area contributed by atoms with Crippen LogP contribution in [-0.2, 0) is 9.59 Å². The Balaban J connectivity index is 2.01. The number of aromatic nitrogens is 1. The quantitative estimate of drug-likeness (QED) is 0.622. The van der Waals surface area contributed by atoms with Gasteiger partial charge in [-0.3, -0.25) is 9.59 Å². The van der Waals surface area contributed by atoms with Crippen molar-refractivity contribution in [3.8, 4) is 5.75 Å². The number of carbonyl (C=O) groups excluding carboxylic acids is 2. The van der Waals surface area contributed by atoms with Crippen LogP contribution < -0.4 is 14.7 Å². The SMILES string of the molecule is O=C([O-])C[C@]12CSc3[nH]c(=O)sc3[C@@H]1c1cc(Cl)ccc1OC2=O. The number of aromatic amines is 1. The van der Waals surface area contributed by atoms with Crippen molar-refractivity contribution in [1.82, 2.24) is 4.98 Å². The van der Waals surface area contributed by atoms with E-state index in [9.17, 15) is 19.5 Å². The Morgan fingerprint density at radius 1 is 1.46 bits per heavy atom. The Labute approximate surface area is 148 Å². The number of esters is 1. The zero-order valence-electron chi connectivity index (χ0n) is 12.0. The van der Waals surface area contributed by atoms with E-state index in [0.29, 0.717) is 26.2 Å². The molecule has 0 saturated carbocycles. The Bertz CT molecular complexity index is 936. The van der Waals surface area contributed by atoms with Gasteiger partial charge in [0.2, 0.25) is 0 Å². The maximum absolute atomic E-state index is 12.7. The number of hydrogen-bond donors (Lipinski definition) is 1. The molecule has 4 rings (SSSR count). The Hall–Kier alpha value is -1.77. The van der Waals surface area contributed by atoms with Gasteiger partial charge < -0.3 is 19.6 Å². The number of thiazole rings is 1. The summed E-state index contributed by atoms with van der Waals surface area (Å²) in [6.45, 7) is 0. The highest BCUT2D eigenvalue weighted by Gasteiger charge is 2.56. The van der Waals surface area contributed by atoms with Gasteiger partial charge in [0.05, 0.1) is 10.4 Å². The molecule has 124 valence electrons. The van der Waals surface area contributed by atoms with Crippen LogP contribution in [0.15, 0.2) is 28.0 Å². The summed E-state index contributed by atoms with van der Waals surface area (Å²) in [5.74, 6) is -2.05. The molecule has 0 spiro atoms. The topological polar surface area (TPSA) is 99.3 Å². The van der Waals surface area contributed by atoms with Crippen molar-refractivity contribution in [3.05, 3.63) is 43.3 Å². The van der Waals surface area contributed by atoms with Crippen LogP contribution in [0.25, 0.3) is 0 Å². The number of thioether (sulfide) groups is 1. The standard InChI is InChI=1S/C15H10ClNO5S2/c16-6-1-2-8-7(3-6)10-11-12(17-14(21)24-11)23-5-15(10,4-9(18)19)13(20)22-8/h1-3,10H,4-5H2,(H,17,21)(H,18,19)/p-1/t10-,15-/m0/s1. The molecule has 2 atom stereocenters. The lowest BCUT2D eigenvalue weighted by molar-refractivity contribution is -0.308. The van der Waals surface area contributed by atoms with Crippen LogP contribution in [0.2, 0.25) is 5.02 Å². The number of H-pyrrole nitrogens is 1. The summed E-state index contributed by atoms with van der Waals surface area (Å²) in [7, 11) is 0. The summed E-state index contributed by atoms with van der Waals surface area (Å²) in [6, 6.07) is 4.83. The molecule has 1 aromatic carbocycles. The van der Waals surface area contributed by atoms with Crippen LogP contribution >= 0.6 is 34.7 Å². The number of halogens is 1. The number of benzene rings is 1. The number of nitrogens with one attached hydrogen (secondary N) is 1. The largest absolute Gasteiger partial charge is 0.550 e. The molecule has 0 fully saturated rings. The highest BCUT2D eigenvalue weighted by atomic mass is 35.5. The molecular weight excluding hydrogens is 374 g/mol. The normalized spacial score (nSPS) is 24.5. The number of hydrogen-bond acceptors (Lipinski definition) is 7. The number of aliphatic carboxylic acids is 1. The number of ether oxygens (including phenoxy) is 1. The first-order chi connectivity index (χ1) is 11.4. The fourth-order valence-corrected chi connectivity index (χ4v) is 6.02. The van der Waals surface area contributed by atoms with Gasteiger partial charge in [-0.05, 0) is 18.2 Å². The summed E-state index contributed by atoms with van der Waals surface area (Å²) in [6.07, 6.45) is -0.485. The van der Waals surface area contributed by atoms with Gasteiger partial charge in [-0.25, -0.2) is 0 Å². The Morgan fingerprint density at radius 3 is 3.00 bits per heavy atom. The van der Waals surface area contributed by atoms with Crippen molar-refractivity contribution in [1.29, 1.82) is 0 Å². The van der Waals surface area contributed by atoms with Crippen LogP contribution in [0.1, 0.15) is 22.8 Å². The third-order valence-electron chi connectivity index (χ3n) is 4.28. The van der Waals surface area contributed by atoms with E-state index >= 15 is 0 Å². The van der Waals surface area contributed by atoms with Gasteiger partial charge in [0.25, 0.3) is 0 Å². The molecule has 2 aliphatic heterocycles.